The highest BCUT2D eigenvalue weighted by Gasteiger charge is 2.52. The molecular weight excluding hydrogens is 168 g/mol. The van der Waals surface area contributed by atoms with Crippen molar-refractivity contribution in [3.8, 4) is 0 Å². The molecule has 0 heterocycles. The lowest BCUT2D eigenvalue weighted by Gasteiger charge is -2.58. The smallest absolute Gasteiger partial charge is 0.0269 e. The number of hydrogen-bond acceptors (Lipinski definition) is 0. The highest BCUT2D eigenvalue weighted by atomic mass is 14.6. The van der Waals surface area contributed by atoms with Crippen LogP contribution in [-0.2, 0) is 0 Å². The van der Waals surface area contributed by atoms with Crippen molar-refractivity contribution >= 4 is 0 Å². The van der Waals surface area contributed by atoms with E-state index < -0.39 is 0 Å². The van der Waals surface area contributed by atoms with E-state index in [1.165, 1.54) is 32.1 Å². The summed E-state index contributed by atoms with van der Waals surface area (Å²) in [5, 5.41) is 0. The first-order valence-corrected chi connectivity index (χ1v) is 6.57. The average Bonchev–Trinajstić information content (AvgIpc) is 2.22. The molecule has 0 N–H and O–H groups in total. The van der Waals surface area contributed by atoms with E-state index in [9.17, 15) is 0 Å². The second kappa shape index (κ2) is 4.68. The van der Waals surface area contributed by atoms with Crippen LogP contribution in [0.4, 0.5) is 0 Å². The van der Waals surface area contributed by atoms with Gasteiger partial charge >= 0.3 is 0 Å². The number of hydrogen-bond donors (Lipinski definition) is 0. The van der Waals surface area contributed by atoms with Gasteiger partial charge in [0.15, 0.2) is 0 Å². The van der Waals surface area contributed by atoms with Gasteiger partial charge in [0.05, 0.1) is 0 Å². The lowest BCUT2D eigenvalue weighted by Crippen LogP contribution is -2.52. The topological polar surface area (TPSA) is 0 Å². The van der Waals surface area contributed by atoms with Crippen molar-refractivity contribution in [3.05, 3.63) is 0 Å². The Morgan fingerprint density at radius 2 is 1.71 bits per heavy atom. The Labute approximate surface area is 90.5 Å². The maximum atomic E-state index is 2.51. The quantitative estimate of drug-likeness (QED) is 0.549. The average molecular weight is 196 g/mol. The SMILES string of the molecule is CCCCCC1C(C)C(C)C1(C)CC. The molecule has 0 heteroatoms. The number of rotatable bonds is 5. The highest BCUT2D eigenvalue weighted by molar-refractivity contribution is 5.00. The van der Waals surface area contributed by atoms with E-state index in [0.717, 1.165) is 17.8 Å². The molecule has 0 aromatic rings. The van der Waals surface area contributed by atoms with Crippen LogP contribution in [0.5, 0.6) is 0 Å². The summed E-state index contributed by atoms with van der Waals surface area (Å²) in [6, 6.07) is 0. The van der Waals surface area contributed by atoms with Crippen molar-refractivity contribution in [2.75, 3.05) is 0 Å². The lowest BCUT2D eigenvalue weighted by molar-refractivity contribution is -0.0994. The van der Waals surface area contributed by atoms with Crippen LogP contribution >= 0.6 is 0 Å². The standard InChI is InChI=1S/C14H28/c1-6-8-9-10-13-11(3)12(4)14(13,5)7-2/h11-13H,6-10H2,1-5H3. The molecule has 0 aromatic heterocycles. The van der Waals surface area contributed by atoms with E-state index in [4.69, 9.17) is 0 Å². The fourth-order valence-corrected chi connectivity index (χ4v) is 3.56. The minimum atomic E-state index is 0.660. The third kappa shape index (κ3) is 1.85. The van der Waals surface area contributed by atoms with Crippen LogP contribution in [0.15, 0.2) is 0 Å². The van der Waals surface area contributed by atoms with Gasteiger partial charge in [0.1, 0.15) is 0 Å². The van der Waals surface area contributed by atoms with Gasteiger partial charge in [0, 0.05) is 0 Å². The molecule has 0 saturated heterocycles. The fraction of sp³-hybridized carbons (Fsp3) is 1.00. The molecule has 0 bridgehead atoms. The van der Waals surface area contributed by atoms with Gasteiger partial charge in [-0.05, 0) is 29.6 Å². The van der Waals surface area contributed by atoms with Gasteiger partial charge in [0.2, 0.25) is 0 Å². The van der Waals surface area contributed by atoms with Gasteiger partial charge in [-0.3, -0.25) is 0 Å². The summed E-state index contributed by atoms with van der Waals surface area (Å²) in [5.74, 6) is 2.92. The van der Waals surface area contributed by atoms with Crippen LogP contribution in [0.25, 0.3) is 0 Å². The maximum absolute atomic E-state index is 2.51. The van der Waals surface area contributed by atoms with E-state index in [0.29, 0.717) is 5.41 Å². The monoisotopic (exact) mass is 196 g/mol. The van der Waals surface area contributed by atoms with Gasteiger partial charge in [0.25, 0.3) is 0 Å². The van der Waals surface area contributed by atoms with E-state index >= 15 is 0 Å². The minimum Gasteiger partial charge on any atom is -0.0654 e. The van der Waals surface area contributed by atoms with E-state index in [2.05, 4.69) is 34.6 Å². The molecule has 1 rings (SSSR count). The van der Waals surface area contributed by atoms with Crippen molar-refractivity contribution in [2.45, 2.75) is 66.7 Å². The van der Waals surface area contributed by atoms with Gasteiger partial charge in [-0.1, -0.05) is 60.3 Å². The zero-order chi connectivity index (χ0) is 10.8. The van der Waals surface area contributed by atoms with Gasteiger partial charge in [-0.25, -0.2) is 0 Å². The Morgan fingerprint density at radius 1 is 1.07 bits per heavy atom. The molecule has 4 atom stereocenters. The highest BCUT2D eigenvalue weighted by Crippen LogP contribution is 2.59. The molecule has 0 nitrogen and oxygen atoms in total. The zero-order valence-electron chi connectivity index (χ0n) is 10.8. The largest absolute Gasteiger partial charge is 0.0654 e. The molecule has 0 aromatic carbocycles. The molecule has 84 valence electrons. The number of unbranched alkanes of at least 4 members (excludes halogenated alkanes) is 2. The molecule has 0 aliphatic heterocycles. The van der Waals surface area contributed by atoms with Crippen LogP contribution in [0.2, 0.25) is 0 Å². The summed E-state index contributed by atoms with van der Waals surface area (Å²) in [5.41, 5.74) is 0.660. The van der Waals surface area contributed by atoms with Crippen molar-refractivity contribution in [1.29, 1.82) is 0 Å². The lowest BCUT2D eigenvalue weighted by atomic mass is 9.46. The van der Waals surface area contributed by atoms with Crippen LogP contribution in [-0.4, -0.2) is 0 Å². The van der Waals surface area contributed by atoms with Crippen LogP contribution in [0, 0.1) is 23.2 Å². The molecule has 0 amide bonds. The Bertz CT molecular complexity index is 173. The van der Waals surface area contributed by atoms with Crippen LogP contribution in [0.1, 0.15) is 66.7 Å². The fourth-order valence-electron chi connectivity index (χ4n) is 3.56. The maximum Gasteiger partial charge on any atom is -0.0269 e. The van der Waals surface area contributed by atoms with Gasteiger partial charge in [-0.15, -0.1) is 0 Å². The normalized spacial score (nSPS) is 42.2. The Kier molecular flexibility index (Phi) is 4.04. The second-order valence-corrected chi connectivity index (χ2v) is 5.61. The Hall–Kier alpha value is 0. The van der Waals surface area contributed by atoms with Gasteiger partial charge < -0.3 is 0 Å². The van der Waals surface area contributed by atoms with E-state index in [-0.39, 0.29) is 0 Å². The summed E-state index contributed by atoms with van der Waals surface area (Å²) < 4.78 is 0. The van der Waals surface area contributed by atoms with E-state index in [1.54, 1.807) is 0 Å². The Morgan fingerprint density at radius 3 is 2.21 bits per heavy atom. The summed E-state index contributed by atoms with van der Waals surface area (Å²) >= 11 is 0. The summed E-state index contributed by atoms with van der Waals surface area (Å²) in [6.45, 7) is 12.1. The van der Waals surface area contributed by atoms with E-state index in [1.807, 2.05) is 0 Å². The second-order valence-electron chi connectivity index (χ2n) is 5.61. The van der Waals surface area contributed by atoms with Crippen molar-refractivity contribution < 1.29 is 0 Å². The molecule has 1 aliphatic rings. The molecule has 1 fully saturated rings. The van der Waals surface area contributed by atoms with Gasteiger partial charge in [-0.2, -0.15) is 0 Å². The third-order valence-electron chi connectivity index (χ3n) is 5.19. The summed E-state index contributed by atoms with van der Waals surface area (Å²) in [6.07, 6.45) is 7.09. The van der Waals surface area contributed by atoms with Crippen LogP contribution in [0.3, 0.4) is 0 Å². The zero-order valence-corrected chi connectivity index (χ0v) is 10.8. The molecule has 4 unspecified atom stereocenters. The van der Waals surface area contributed by atoms with Crippen LogP contribution < -0.4 is 0 Å². The predicted molar refractivity (Wildman–Crippen MR) is 64.4 cm³/mol. The molecule has 1 saturated carbocycles. The summed E-state index contributed by atoms with van der Waals surface area (Å²) in [7, 11) is 0. The molecule has 14 heavy (non-hydrogen) atoms. The molecule has 0 spiro atoms. The molecule has 1 aliphatic carbocycles. The summed E-state index contributed by atoms with van der Waals surface area (Å²) in [4.78, 5) is 0. The predicted octanol–water partition coefficient (Wildman–Crippen LogP) is 4.89. The molecule has 0 radical (unpaired) electrons. The minimum absolute atomic E-state index is 0.660. The first-order chi connectivity index (χ1) is 6.57. The Balaban J connectivity index is 2.43. The molecular formula is C14H28. The third-order valence-corrected chi connectivity index (χ3v) is 5.19. The first kappa shape index (κ1) is 12.1. The van der Waals surface area contributed by atoms with Crippen molar-refractivity contribution in [3.63, 3.8) is 0 Å². The van der Waals surface area contributed by atoms with Crippen molar-refractivity contribution in [2.24, 2.45) is 23.2 Å². The first-order valence-electron chi connectivity index (χ1n) is 6.57. The van der Waals surface area contributed by atoms with Crippen molar-refractivity contribution in [1.82, 2.24) is 0 Å².